The summed E-state index contributed by atoms with van der Waals surface area (Å²) in [5.74, 6) is -0.985. The second-order valence-electron chi connectivity index (χ2n) is 4.47. The molecule has 1 aromatic carbocycles. The molecule has 6 nitrogen and oxygen atoms in total. The number of hydrogen-bond acceptors (Lipinski definition) is 5. The van der Waals surface area contributed by atoms with Crippen molar-refractivity contribution in [3.05, 3.63) is 24.0 Å². The summed E-state index contributed by atoms with van der Waals surface area (Å²) in [6.07, 6.45) is 1.47. The molecule has 9 heteroatoms. The summed E-state index contributed by atoms with van der Waals surface area (Å²) in [6, 6.07) is 2.70. The number of benzene rings is 1. The van der Waals surface area contributed by atoms with E-state index in [0.717, 1.165) is 31.0 Å². The number of nitrogens with one attached hydrogen (secondary N) is 2. The van der Waals surface area contributed by atoms with Gasteiger partial charge in [0.25, 0.3) is 0 Å². The van der Waals surface area contributed by atoms with Crippen molar-refractivity contribution < 1.29 is 21.2 Å². The molecule has 0 heterocycles. The smallest absolute Gasteiger partial charge is 0.243 e. The number of hydrogen-bond donors (Lipinski definition) is 2. The third-order valence-electron chi connectivity index (χ3n) is 2.69. The summed E-state index contributed by atoms with van der Waals surface area (Å²) in [6.45, 7) is 3.47. The van der Waals surface area contributed by atoms with E-state index in [1.807, 2.05) is 6.92 Å². The van der Waals surface area contributed by atoms with Crippen molar-refractivity contribution in [1.29, 1.82) is 0 Å². The van der Waals surface area contributed by atoms with Crippen LogP contribution in [0.25, 0.3) is 0 Å². The number of sulfonamides is 1. The van der Waals surface area contributed by atoms with Crippen LogP contribution in [0, 0.1) is 5.82 Å². The molecule has 21 heavy (non-hydrogen) atoms. The molecule has 0 spiro atoms. The van der Waals surface area contributed by atoms with Gasteiger partial charge in [-0.15, -0.1) is 0 Å². The van der Waals surface area contributed by atoms with Gasteiger partial charge in [-0.3, -0.25) is 0 Å². The molecular formula is C12H19FN2O4S2. The summed E-state index contributed by atoms with van der Waals surface area (Å²) in [4.78, 5) is -0.897. The number of rotatable bonds is 8. The Balaban J connectivity index is 2.92. The fourth-order valence-corrected chi connectivity index (χ4v) is 3.49. The third kappa shape index (κ3) is 5.34. The quantitative estimate of drug-likeness (QED) is 0.532. The highest BCUT2D eigenvalue weighted by atomic mass is 32.2. The lowest BCUT2D eigenvalue weighted by molar-refractivity contribution is 0.552. The van der Waals surface area contributed by atoms with Gasteiger partial charge in [-0.25, -0.2) is 25.9 Å². The van der Waals surface area contributed by atoms with Crippen LogP contribution in [0.3, 0.4) is 0 Å². The minimum atomic E-state index is -4.08. The highest BCUT2D eigenvalue weighted by Crippen LogP contribution is 2.19. The summed E-state index contributed by atoms with van der Waals surface area (Å²) >= 11 is 0. The lowest BCUT2D eigenvalue weighted by Crippen LogP contribution is -2.28. The predicted molar refractivity (Wildman–Crippen MR) is 77.9 cm³/mol. The summed E-state index contributed by atoms with van der Waals surface area (Å²) in [5, 5.41) is 3.03. The maximum atomic E-state index is 13.7. The van der Waals surface area contributed by atoms with E-state index >= 15 is 0 Å². The minimum absolute atomic E-state index is 0.137. The van der Waals surface area contributed by atoms with Crippen molar-refractivity contribution in [3.8, 4) is 0 Å². The number of halogens is 1. The Morgan fingerprint density at radius 3 is 2.38 bits per heavy atom. The zero-order valence-corrected chi connectivity index (χ0v) is 13.5. The standard InChI is InChI=1S/C12H19FN2O4S2/c1-3-14-7-4-8-15-21(18,19)12-9-10(20(2,16)17)5-6-11(12)13/h5-6,9,14-15H,3-4,7-8H2,1-2H3. The van der Waals surface area contributed by atoms with Crippen molar-refractivity contribution >= 4 is 19.9 Å². The molecule has 0 fully saturated rings. The van der Waals surface area contributed by atoms with Crippen LogP contribution in [0.15, 0.2) is 28.0 Å². The Labute approximate surface area is 124 Å². The van der Waals surface area contributed by atoms with E-state index in [9.17, 15) is 21.2 Å². The van der Waals surface area contributed by atoms with Crippen LogP contribution in [0.2, 0.25) is 0 Å². The zero-order chi connectivity index (χ0) is 16.1. The van der Waals surface area contributed by atoms with Gasteiger partial charge in [0, 0.05) is 12.8 Å². The fraction of sp³-hybridized carbons (Fsp3) is 0.500. The Morgan fingerprint density at radius 1 is 1.14 bits per heavy atom. The Morgan fingerprint density at radius 2 is 1.81 bits per heavy atom. The summed E-state index contributed by atoms with van der Waals surface area (Å²) in [5.41, 5.74) is 0. The van der Waals surface area contributed by atoms with E-state index in [0.29, 0.717) is 13.0 Å². The lowest BCUT2D eigenvalue weighted by atomic mass is 10.3. The van der Waals surface area contributed by atoms with Crippen LogP contribution in [0.5, 0.6) is 0 Å². The van der Waals surface area contributed by atoms with Crippen LogP contribution < -0.4 is 10.0 Å². The van der Waals surface area contributed by atoms with Crippen LogP contribution in [0.1, 0.15) is 13.3 Å². The molecule has 0 saturated heterocycles. The Kier molecular flexibility index (Phi) is 6.26. The molecular weight excluding hydrogens is 319 g/mol. The van der Waals surface area contributed by atoms with Crippen LogP contribution in [-0.2, 0) is 19.9 Å². The SMILES string of the molecule is CCNCCCNS(=O)(=O)c1cc(S(C)(=O)=O)ccc1F. The first-order chi connectivity index (χ1) is 9.68. The van der Waals surface area contributed by atoms with Gasteiger partial charge in [-0.1, -0.05) is 6.92 Å². The Hall–Kier alpha value is -1.03. The van der Waals surface area contributed by atoms with Gasteiger partial charge in [-0.05, 0) is 37.7 Å². The molecule has 0 radical (unpaired) electrons. The third-order valence-corrected chi connectivity index (χ3v) is 5.28. The first-order valence-corrected chi connectivity index (χ1v) is 9.76. The summed E-state index contributed by atoms with van der Waals surface area (Å²) in [7, 11) is -7.68. The molecule has 0 saturated carbocycles. The minimum Gasteiger partial charge on any atom is -0.317 e. The average Bonchev–Trinajstić information content (AvgIpc) is 2.37. The van der Waals surface area contributed by atoms with E-state index in [2.05, 4.69) is 10.0 Å². The van der Waals surface area contributed by atoms with E-state index in [1.165, 1.54) is 0 Å². The molecule has 0 atom stereocenters. The van der Waals surface area contributed by atoms with E-state index < -0.39 is 30.6 Å². The topological polar surface area (TPSA) is 92.3 Å². The summed E-state index contributed by atoms with van der Waals surface area (Å²) < 4.78 is 62.7. The van der Waals surface area contributed by atoms with Gasteiger partial charge in [0.05, 0.1) is 4.90 Å². The highest BCUT2D eigenvalue weighted by molar-refractivity contribution is 7.91. The maximum absolute atomic E-state index is 13.7. The van der Waals surface area contributed by atoms with Gasteiger partial charge in [0.2, 0.25) is 10.0 Å². The average molecular weight is 338 g/mol. The second kappa shape index (κ2) is 7.30. The largest absolute Gasteiger partial charge is 0.317 e. The predicted octanol–water partition coefficient (Wildman–Crippen LogP) is 0.507. The number of sulfone groups is 1. The van der Waals surface area contributed by atoms with Crippen molar-refractivity contribution in [1.82, 2.24) is 10.0 Å². The van der Waals surface area contributed by atoms with Crippen LogP contribution in [0.4, 0.5) is 4.39 Å². The normalized spacial score (nSPS) is 12.5. The van der Waals surface area contributed by atoms with Gasteiger partial charge in [0.15, 0.2) is 9.84 Å². The van der Waals surface area contributed by atoms with Crippen molar-refractivity contribution in [2.45, 2.75) is 23.1 Å². The molecule has 2 N–H and O–H groups in total. The monoisotopic (exact) mass is 338 g/mol. The Bertz CT molecular complexity index is 687. The van der Waals surface area contributed by atoms with Gasteiger partial charge in [0.1, 0.15) is 10.7 Å². The van der Waals surface area contributed by atoms with Gasteiger partial charge < -0.3 is 5.32 Å². The van der Waals surface area contributed by atoms with E-state index in [-0.39, 0.29) is 11.4 Å². The zero-order valence-electron chi connectivity index (χ0n) is 11.9. The molecule has 0 aliphatic rings. The van der Waals surface area contributed by atoms with E-state index in [1.54, 1.807) is 0 Å². The first-order valence-electron chi connectivity index (χ1n) is 6.38. The molecule has 0 aromatic heterocycles. The van der Waals surface area contributed by atoms with E-state index in [4.69, 9.17) is 0 Å². The van der Waals surface area contributed by atoms with Crippen molar-refractivity contribution in [2.24, 2.45) is 0 Å². The van der Waals surface area contributed by atoms with Crippen LogP contribution >= 0.6 is 0 Å². The molecule has 120 valence electrons. The molecule has 0 bridgehead atoms. The highest BCUT2D eigenvalue weighted by Gasteiger charge is 2.21. The van der Waals surface area contributed by atoms with Crippen molar-refractivity contribution in [2.75, 3.05) is 25.9 Å². The molecule has 0 aliphatic carbocycles. The molecule has 0 unspecified atom stereocenters. The molecule has 0 aliphatic heterocycles. The van der Waals surface area contributed by atoms with Gasteiger partial charge >= 0.3 is 0 Å². The fourth-order valence-electron chi connectivity index (χ4n) is 1.59. The maximum Gasteiger partial charge on any atom is 0.243 e. The molecule has 1 rings (SSSR count). The molecule has 1 aromatic rings. The first kappa shape index (κ1) is 18.0. The molecule has 0 amide bonds. The van der Waals surface area contributed by atoms with Gasteiger partial charge in [-0.2, -0.15) is 0 Å². The lowest BCUT2D eigenvalue weighted by Gasteiger charge is -2.09. The second-order valence-corrected chi connectivity index (χ2v) is 8.22. The van der Waals surface area contributed by atoms with Crippen molar-refractivity contribution in [3.63, 3.8) is 0 Å². The van der Waals surface area contributed by atoms with Crippen LogP contribution in [-0.4, -0.2) is 42.7 Å².